The molecule has 0 aliphatic rings. The number of unbranched alkanes of at least 4 members (excludes halogenated alkanes) is 3. The van der Waals surface area contributed by atoms with Crippen molar-refractivity contribution >= 4 is 22.9 Å². The third-order valence-corrected chi connectivity index (χ3v) is 4.23. The Morgan fingerprint density at radius 3 is 2.37 bits per heavy atom. The van der Waals surface area contributed by atoms with Crippen molar-refractivity contribution in [3.05, 3.63) is 40.1 Å². The van der Waals surface area contributed by atoms with E-state index in [0.29, 0.717) is 17.2 Å². The van der Waals surface area contributed by atoms with E-state index in [4.69, 9.17) is 5.73 Å². The Balaban J connectivity index is 2.27. The van der Waals surface area contributed by atoms with Gasteiger partial charge in [0.05, 0.1) is 16.3 Å². The number of hydrogen-bond donors (Lipinski definition) is 1. The monoisotopic (exact) mass is 372 g/mol. The zero-order chi connectivity index (χ0) is 20.0. The van der Waals surface area contributed by atoms with Crippen LogP contribution in [0.5, 0.6) is 0 Å². The SMILES string of the molecule is CCCCCCn1nc(C(C)(C)C)c(N=Nc2ccc([N+](=O)[O-])cc2)c1N. The fourth-order valence-corrected chi connectivity index (χ4v) is 2.68. The molecule has 27 heavy (non-hydrogen) atoms. The number of benzene rings is 1. The van der Waals surface area contributed by atoms with Crippen LogP contribution >= 0.6 is 0 Å². The van der Waals surface area contributed by atoms with Crippen molar-refractivity contribution in [3.8, 4) is 0 Å². The van der Waals surface area contributed by atoms with Gasteiger partial charge in [-0.3, -0.25) is 10.1 Å². The van der Waals surface area contributed by atoms with Gasteiger partial charge in [-0.05, 0) is 18.6 Å². The van der Waals surface area contributed by atoms with E-state index < -0.39 is 4.92 Å². The van der Waals surface area contributed by atoms with E-state index in [9.17, 15) is 10.1 Å². The van der Waals surface area contributed by atoms with Crippen LogP contribution in [0.3, 0.4) is 0 Å². The Hall–Kier alpha value is -2.77. The lowest BCUT2D eigenvalue weighted by molar-refractivity contribution is -0.384. The highest BCUT2D eigenvalue weighted by Gasteiger charge is 2.26. The third kappa shape index (κ3) is 5.35. The second-order valence-electron chi connectivity index (χ2n) is 7.59. The predicted octanol–water partition coefficient (Wildman–Crippen LogP) is 5.67. The van der Waals surface area contributed by atoms with Crippen molar-refractivity contribution in [2.75, 3.05) is 5.73 Å². The number of non-ortho nitro benzene ring substituents is 1. The van der Waals surface area contributed by atoms with Crippen LogP contribution in [-0.4, -0.2) is 14.7 Å². The first kappa shape index (κ1) is 20.5. The lowest BCUT2D eigenvalue weighted by Gasteiger charge is -2.15. The van der Waals surface area contributed by atoms with Gasteiger partial charge in [0, 0.05) is 24.1 Å². The van der Waals surface area contributed by atoms with Crippen molar-refractivity contribution in [2.45, 2.75) is 65.3 Å². The van der Waals surface area contributed by atoms with E-state index in [2.05, 4.69) is 43.0 Å². The number of nitro benzene ring substituents is 1. The molecule has 1 heterocycles. The van der Waals surface area contributed by atoms with Crippen molar-refractivity contribution in [1.82, 2.24) is 9.78 Å². The van der Waals surface area contributed by atoms with Crippen molar-refractivity contribution in [1.29, 1.82) is 0 Å². The number of rotatable bonds is 8. The summed E-state index contributed by atoms with van der Waals surface area (Å²) in [4.78, 5) is 10.3. The van der Waals surface area contributed by atoms with Crippen LogP contribution in [0.25, 0.3) is 0 Å². The molecule has 2 rings (SSSR count). The van der Waals surface area contributed by atoms with Gasteiger partial charge < -0.3 is 5.73 Å². The molecule has 0 amide bonds. The Morgan fingerprint density at radius 1 is 1.15 bits per heavy atom. The predicted molar refractivity (Wildman–Crippen MR) is 107 cm³/mol. The van der Waals surface area contributed by atoms with E-state index in [1.165, 1.54) is 25.0 Å². The average molecular weight is 372 g/mol. The molecular weight excluding hydrogens is 344 g/mol. The van der Waals surface area contributed by atoms with Crippen LogP contribution in [0.1, 0.15) is 59.1 Å². The maximum Gasteiger partial charge on any atom is 0.269 e. The summed E-state index contributed by atoms with van der Waals surface area (Å²) in [6, 6.07) is 5.92. The molecule has 2 N–H and O–H groups in total. The topological polar surface area (TPSA) is 112 Å². The fourth-order valence-electron chi connectivity index (χ4n) is 2.68. The van der Waals surface area contributed by atoms with E-state index >= 15 is 0 Å². The first-order valence-corrected chi connectivity index (χ1v) is 9.27. The smallest absolute Gasteiger partial charge is 0.269 e. The minimum atomic E-state index is -0.445. The molecule has 0 fully saturated rings. The number of anilines is 1. The molecule has 2 aromatic rings. The van der Waals surface area contributed by atoms with Gasteiger partial charge in [-0.2, -0.15) is 10.2 Å². The first-order valence-electron chi connectivity index (χ1n) is 9.27. The molecule has 0 saturated heterocycles. The number of nitrogens with two attached hydrogens (primary N) is 1. The van der Waals surface area contributed by atoms with Crippen LogP contribution in [0.2, 0.25) is 0 Å². The highest BCUT2D eigenvalue weighted by Crippen LogP contribution is 2.36. The number of nitrogens with zero attached hydrogens (tertiary/aromatic N) is 5. The molecule has 0 unspecified atom stereocenters. The minimum absolute atomic E-state index is 0.0174. The minimum Gasteiger partial charge on any atom is -0.382 e. The number of aromatic nitrogens is 2. The van der Waals surface area contributed by atoms with Crippen molar-refractivity contribution in [2.24, 2.45) is 10.2 Å². The van der Waals surface area contributed by atoms with Crippen molar-refractivity contribution < 1.29 is 4.92 Å². The molecule has 0 radical (unpaired) electrons. The maximum absolute atomic E-state index is 10.7. The van der Waals surface area contributed by atoms with Crippen LogP contribution in [0, 0.1) is 10.1 Å². The summed E-state index contributed by atoms with van der Waals surface area (Å²) in [5.74, 6) is 0.502. The molecule has 146 valence electrons. The van der Waals surface area contributed by atoms with Gasteiger partial charge in [0.2, 0.25) is 0 Å². The molecule has 8 nitrogen and oxygen atoms in total. The van der Waals surface area contributed by atoms with Gasteiger partial charge in [-0.1, -0.05) is 47.0 Å². The van der Waals surface area contributed by atoms with Gasteiger partial charge in [-0.15, -0.1) is 5.11 Å². The van der Waals surface area contributed by atoms with E-state index in [1.807, 2.05) is 0 Å². The summed E-state index contributed by atoms with van der Waals surface area (Å²) in [5, 5.41) is 24.0. The standard InChI is InChI=1S/C19H28N6O2/c1-5-6-7-8-13-24-18(20)16(17(23-24)19(2,3)4)22-21-14-9-11-15(12-10-14)25(26)27/h9-12H,5-8,13,20H2,1-4H3. The van der Waals surface area contributed by atoms with E-state index in [-0.39, 0.29) is 11.1 Å². The molecule has 0 aliphatic heterocycles. The van der Waals surface area contributed by atoms with E-state index in [0.717, 1.165) is 25.1 Å². The van der Waals surface area contributed by atoms with Gasteiger partial charge in [0.15, 0.2) is 5.69 Å². The second kappa shape index (κ2) is 8.75. The number of nitrogen functional groups attached to an aromatic ring is 1. The number of azo groups is 1. The van der Waals surface area contributed by atoms with Crippen LogP contribution in [0.15, 0.2) is 34.5 Å². The largest absolute Gasteiger partial charge is 0.382 e. The van der Waals surface area contributed by atoms with Crippen molar-refractivity contribution in [3.63, 3.8) is 0 Å². The highest BCUT2D eigenvalue weighted by atomic mass is 16.6. The normalized spacial score (nSPS) is 12.0. The molecule has 0 aliphatic carbocycles. The molecule has 0 spiro atoms. The lowest BCUT2D eigenvalue weighted by atomic mass is 9.91. The Morgan fingerprint density at radius 2 is 1.81 bits per heavy atom. The Labute approximate surface area is 159 Å². The first-order chi connectivity index (χ1) is 12.7. The fraction of sp³-hybridized carbons (Fsp3) is 0.526. The lowest BCUT2D eigenvalue weighted by Crippen LogP contribution is -2.13. The Kier molecular flexibility index (Phi) is 6.65. The zero-order valence-electron chi connectivity index (χ0n) is 16.5. The number of hydrogen-bond acceptors (Lipinski definition) is 6. The Bertz CT molecular complexity index is 803. The molecule has 1 aromatic carbocycles. The average Bonchev–Trinajstić information content (AvgIpc) is 2.93. The van der Waals surface area contributed by atoms with Gasteiger partial charge >= 0.3 is 0 Å². The summed E-state index contributed by atoms with van der Waals surface area (Å²) in [7, 11) is 0. The highest BCUT2D eigenvalue weighted by molar-refractivity contribution is 5.63. The maximum atomic E-state index is 10.7. The summed E-state index contributed by atoms with van der Waals surface area (Å²) < 4.78 is 1.81. The van der Waals surface area contributed by atoms with Gasteiger partial charge in [-0.25, -0.2) is 4.68 Å². The van der Waals surface area contributed by atoms with Gasteiger partial charge in [0.25, 0.3) is 5.69 Å². The van der Waals surface area contributed by atoms with Gasteiger partial charge in [0.1, 0.15) is 5.82 Å². The molecule has 1 aromatic heterocycles. The summed E-state index contributed by atoms with van der Waals surface area (Å²) >= 11 is 0. The summed E-state index contributed by atoms with van der Waals surface area (Å²) in [6.07, 6.45) is 4.53. The summed E-state index contributed by atoms with van der Waals surface area (Å²) in [5.41, 5.74) is 7.97. The number of aryl methyl sites for hydroxylation is 1. The molecule has 0 atom stereocenters. The second-order valence-corrected chi connectivity index (χ2v) is 7.59. The number of nitro groups is 1. The van der Waals surface area contributed by atoms with Crippen LogP contribution in [0.4, 0.5) is 22.9 Å². The molecular formula is C19H28N6O2. The zero-order valence-corrected chi connectivity index (χ0v) is 16.5. The van der Waals surface area contributed by atoms with E-state index in [1.54, 1.807) is 16.8 Å². The molecule has 0 saturated carbocycles. The van der Waals surface area contributed by atoms with Crippen LogP contribution < -0.4 is 5.73 Å². The molecule has 8 heteroatoms. The molecule has 0 bridgehead atoms. The quantitative estimate of drug-likeness (QED) is 0.278. The third-order valence-electron chi connectivity index (χ3n) is 4.23. The summed E-state index contributed by atoms with van der Waals surface area (Å²) in [6.45, 7) is 9.10. The van der Waals surface area contributed by atoms with Crippen LogP contribution in [-0.2, 0) is 12.0 Å².